The third-order valence-corrected chi connectivity index (χ3v) is 6.15. The summed E-state index contributed by atoms with van der Waals surface area (Å²) in [5, 5.41) is 3.02. The van der Waals surface area contributed by atoms with E-state index in [0.29, 0.717) is 10.8 Å². The summed E-state index contributed by atoms with van der Waals surface area (Å²) in [4.78, 5) is 1.05. The highest BCUT2D eigenvalue weighted by Gasteiger charge is 2.35. The van der Waals surface area contributed by atoms with E-state index in [2.05, 4.69) is 5.32 Å². The molecule has 0 bridgehead atoms. The summed E-state index contributed by atoms with van der Waals surface area (Å²) in [6, 6.07) is 3.79. The van der Waals surface area contributed by atoms with Gasteiger partial charge in [0.25, 0.3) is 10.0 Å². The number of hydrogen-bond acceptors (Lipinski definition) is 4. The number of nitrogens with one attached hydrogen (secondary N) is 1. The van der Waals surface area contributed by atoms with Crippen LogP contribution in [-0.4, -0.2) is 32.9 Å². The summed E-state index contributed by atoms with van der Waals surface area (Å²) in [6.45, 7) is 0.716. The van der Waals surface area contributed by atoms with E-state index in [1.54, 1.807) is 13.1 Å². The zero-order chi connectivity index (χ0) is 11.8. The van der Waals surface area contributed by atoms with Crippen LogP contribution < -0.4 is 5.32 Å². The Labute approximate surface area is 100 Å². The molecule has 4 nitrogen and oxygen atoms in total. The van der Waals surface area contributed by atoms with Gasteiger partial charge in [-0.1, -0.05) is 0 Å². The Morgan fingerprint density at radius 1 is 1.50 bits per heavy atom. The van der Waals surface area contributed by atoms with Gasteiger partial charge in [0.2, 0.25) is 0 Å². The minimum Gasteiger partial charge on any atom is -0.315 e. The third-order valence-electron chi connectivity index (χ3n) is 2.68. The van der Waals surface area contributed by atoms with Crippen LogP contribution in [0.4, 0.5) is 0 Å². The molecule has 16 heavy (non-hydrogen) atoms. The quantitative estimate of drug-likeness (QED) is 0.867. The van der Waals surface area contributed by atoms with E-state index in [4.69, 9.17) is 0 Å². The Hall–Kier alpha value is -0.430. The van der Waals surface area contributed by atoms with Crippen molar-refractivity contribution in [3.8, 4) is 0 Å². The van der Waals surface area contributed by atoms with Gasteiger partial charge in [-0.2, -0.15) is 4.31 Å². The number of sulfonamides is 1. The average molecular weight is 260 g/mol. The lowest BCUT2D eigenvalue weighted by molar-refractivity contribution is 0.466. The molecule has 6 heteroatoms. The molecule has 0 aliphatic heterocycles. The fourth-order valence-electron chi connectivity index (χ4n) is 1.54. The van der Waals surface area contributed by atoms with Crippen LogP contribution in [0.1, 0.15) is 17.7 Å². The van der Waals surface area contributed by atoms with Crippen LogP contribution in [0.2, 0.25) is 0 Å². The first-order valence-corrected chi connectivity index (χ1v) is 7.52. The van der Waals surface area contributed by atoms with Crippen molar-refractivity contribution in [3.63, 3.8) is 0 Å². The van der Waals surface area contributed by atoms with Crippen molar-refractivity contribution in [1.29, 1.82) is 0 Å². The van der Waals surface area contributed by atoms with E-state index >= 15 is 0 Å². The second-order valence-electron chi connectivity index (χ2n) is 4.00. The number of hydrogen-bond donors (Lipinski definition) is 1. The lowest BCUT2D eigenvalue weighted by Gasteiger charge is -2.14. The third kappa shape index (κ3) is 2.29. The predicted octanol–water partition coefficient (Wildman–Crippen LogP) is 1.25. The molecule has 1 aromatic rings. The average Bonchev–Trinajstić information content (AvgIpc) is 2.98. The van der Waals surface area contributed by atoms with Crippen molar-refractivity contribution in [1.82, 2.24) is 9.62 Å². The molecule has 2 rings (SSSR count). The zero-order valence-corrected chi connectivity index (χ0v) is 11.1. The summed E-state index contributed by atoms with van der Waals surface area (Å²) < 4.78 is 26.2. The molecule has 1 fully saturated rings. The second-order valence-corrected chi connectivity index (χ2v) is 7.40. The van der Waals surface area contributed by atoms with Gasteiger partial charge in [0.1, 0.15) is 4.21 Å². The Bertz CT molecular complexity index is 463. The van der Waals surface area contributed by atoms with Crippen LogP contribution >= 0.6 is 11.3 Å². The molecule has 1 heterocycles. The Morgan fingerprint density at radius 3 is 2.75 bits per heavy atom. The summed E-state index contributed by atoms with van der Waals surface area (Å²) in [6.07, 6.45) is 1.98. The highest BCUT2D eigenvalue weighted by molar-refractivity contribution is 7.91. The van der Waals surface area contributed by atoms with Gasteiger partial charge in [0.15, 0.2) is 0 Å². The molecule has 0 atom stereocenters. The lowest BCUT2D eigenvalue weighted by Crippen LogP contribution is -2.28. The van der Waals surface area contributed by atoms with E-state index in [1.165, 1.54) is 15.6 Å². The highest BCUT2D eigenvalue weighted by atomic mass is 32.2. The Balaban J connectivity index is 2.21. The first kappa shape index (κ1) is 12.0. The van der Waals surface area contributed by atoms with Gasteiger partial charge < -0.3 is 5.32 Å². The highest BCUT2D eigenvalue weighted by Crippen LogP contribution is 2.32. The van der Waals surface area contributed by atoms with Crippen molar-refractivity contribution < 1.29 is 8.42 Å². The van der Waals surface area contributed by atoms with Gasteiger partial charge in [-0.15, -0.1) is 11.3 Å². The van der Waals surface area contributed by atoms with Gasteiger partial charge in [-0.05, 0) is 32.0 Å². The summed E-state index contributed by atoms with van der Waals surface area (Å²) in [5.41, 5.74) is 0. The molecule has 1 N–H and O–H groups in total. The van der Waals surface area contributed by atoms with E-state index < -0.39 is 10.0 Å². The smallest absolute Gasteiger partial charge is 0.252 e. The van der Waals surface area contributed by atoms with Crippen LogP contribution in [0.15, 0.2) is 16.3 Å². The normalized spacial score (nSPS) is 16.9. The van der Waals surface area contributed by atoms with E-state index in [-0.39, 0.29) is 6.04 Å². The number of thiophene rings is 1. The van der Waals surface area contributed by atoms with Crippen molar-refractivity contribution in [2.75, 3.05) is 14.1 Å². The summed E-state index contributed by atoms with van der Waals surface area (Å²) in [5.74, 6) is 0. The van der Waals surface area contributed by atoms with Crippen molar-refractivity contribution in [2.24, 2.45) is 0 Å². The molecule has 0 spiro atoms. The van der Waals surface area contributed by atoms with Crippen LogP contribution in [0, 0.1) is 0 Å². The fraction of sp³-hybridized carbons (Fsp3) is 0.600. The first-order valence-electron chi connectivity index (χ1n) is 5.27. The summed E-state index contributed by atoms with van der Waals surface area (Å²) in [7, 11) is 0.273. The number of rotatable bonds is 5. The first-order chi connectivity index (χ1) is 7.55. The van der Waals surface area contributed by atoms with Gasteiger partial charge in [-0.25, -0.2) is 8.42 Å². The molecule has 0 radical (unpaired) electrons. The minimum atomic E-state index is -3.25. The molecule has 1 saturated carbocycles. The standard InChI is InChI=1S/C10H16N2O2S2/c1-11-7-9-5-6-10(15-9)16(13,14)12(2)8-3-4-8/h5-6,8,11H,3-4,7H2,1-2H3. The van der Waals surface area contributed by atoms with Gasteiger partial charge in [0.05, 0.1) is 0 Å². The largest absolute Gasteiger partial charge is 0.315 e. The maximum absolute atomic E-state index is 12.1. The topological polar surface area (TPSA) is 49.4 Å². The van der Waals surface area contributed by atoms with Crippen LogP contribution in [0.3, 0.4) is 0 Å². The van der Waals surface area contributed by atoms with Crippen molar-refractivity contribution in [3.05, 3.63) is 17.0 Å². The molecule has 1 aliphatic rings. The molecule has 90 valence electrons. The van der Waals surface area contributed by atoms with Crippen LogP contribution in [0.5, 0.6) is 0 Å². The molecular weight excluding hydrogens is 244 g/mol. The molecule has 0 amide bonds. The predicted molar refractivity (Wildman–Crippen MR) is 65.1 cm³/mol. The van der Waals surface area contributed by atoms with E-state index in [9.17, 15) is 8.42 Å². The van der Waals surface area contributed by atoms with Crippen molar-refractivity contribution >= 4 is 21.4 Å². The number of nitrogens with zero attached hydrogens (tertiary/aromatic N) is 1. The summed E-state index contributed by atoms with van der Waals surface area (Å²) >= 11 is 1.35. The molecule has 0 unspecified atom stereocenters. The van der Waals surface area contributed by atoms with Gasteiger partial charge in [-0.3, -0.25) is 0 Å². The lowest BCUT2D eigenvalue weighted by atomic mass is 10.5. The van der Waals surface area contributed by atoms with Crippen LogP contribution in [-0.2, 0) is 16.6 Å². The molecule has 1 aromatic heterocycles. The maximum atomic E-state index is 12.1. The molecule has 0 saturated heterocycles. The fourth-order valence-corrected chi connectivity index (χ4v) is 4.51. The monoisotopic (exact) mass is 260 g/mol. The Morgan fingerprint density at radius 2 is 2.19 bits per heavy atom. The van der Waals surface area contributed by atoms with E-state index in [0.717, 1.165) is 17.7 Å². The maximum Gasteiger partial charge on any atom is 0.252 e. The van der Waals surface area contributed by atoms with Gasteiger partial charge in [0, 0.05) is 24.5 Å². The van der Waals surface area contributed by atoms with E-state index in [1.807, 2.05) is 13.1 Å². The Kier molecular flexibility index (Phi) is 3.34. The zero-order valence-electron chi connectivity index (χ0n) is 9.43. The minimum absolute atomic E-state index is 0.222. The van der Waals surface area contributed by atoms with Crippen LogP contribution in [0.25, 0.3) is 0 Å². The molecular formula is C10H16N2O2S2. The second kappa shape index (κ2) is 4.44. The molecule has 1 aliphatic carbocycles. The van der Waals surface area contributed by atoms with Crippen molar-refractivity contribution in [2.45, 2.75) is 29.6 Å². The SMILES string of the molecule is CNCc1ccc(S(=O)(=O)N(C)C2CC2)s1. The van der Waals surface area contributed by atoms with Gasteiger partial charge >= 0.3 is 0 Å². The molecule has 0 aromatic carbocycles.